The van der Waals surface area contributed by atoms with Crippen LogP contribution in [0.2, 0.25) is 5.15 Å². The number of fused-ring (bicyclic) bond motifs is 5. The summed E-state index contributed by atoms with van der Waals surface area (Å²) in [4.78, 5) is 20.4. The third-order valence-electron chi connectivity index (χ3n) is 8.65. The van der Waals surface area contributed by atoms with Gasteiger partial charge < -0.3 is 4.57 Å². The van der Waals surface area contributed by atoms with Crippen LogP contribution in [0.15, 0.2) is 29.1 Å². The molecular weight excluding hydrogens is 394 g/mol. The van der Waals surface area contributed by atoms with Crippen molar-refractivity contribution >= 4 is 22.6 Å². The van der Waals surface area contributed by atoms with Gasteiger partial charge in [0.15, 0.2) is 5.15 Å². The molecule has 160 valence electrons. The van der Waals surface area contributed by atoms with Crippen LogP contribution in [-0.4, -0.2) is 32.6 Å². The lowest BCUT2D eigenvalue weighted by Gasteiger charge is -2.55. The molecule has 1 aromatic heterocycles. The molecule has 5 heteroatoms. The van der Waals surface area contributed by atoms with Crippen LogP contribution in [0.5, 0.6) is 0 Å². The van der Waals surface area contributed by atoms with Crippen molar-refractivity contribution in [2.45, 2.75) is 94.8 Å². The number of para-hydroxylation sites is 2. The van der Waals surface area contributed by atoms with Crippen molar-refractivity contribution in [2.24, 2.45) is 11.8 Å². The lowest BCUT2D eigenvalue weighted by molar-refractivity contribution is -0.0485. The molecular formula is C25H32ClN3O. The largest absolute Gasteiger partial charge is 0.301 e. The van der Waals surface area contributed by atoms with E-state index in [2.05, 4.69) is 9.88 Å². The fourth-order valence-electron chi connectivity index (χ4n) is 7.62. The van der Waals surface area contributed by atoms with E-state index in [4.69, 9.17) is 11.6 Å². The van der Waals surface area contributed by atoms with Crippen LogP contribution in [0.1, 0.15) is 76.7 Å². The molecule has 2 aromatic rings. The Morgan fingerprint density at radius 1 is 0.800 bits per heavy atom. The van der Waals surface area contributed by atoms with E-state index in [-0.39, 0.29) is 16.8 Å². The van der Waals surface area contributed by atoms with E-state index in [0.29, 0.717) is 12.1 Å². The average molecular weight is 426 g/mol. The summed E-state index contributed by atoms with van der Waals surface area (Å²) in [7, 11) is 0. The Bertz CT molecular complexity index is 978. The maximum Gasteiger partial charge on any atom is 0.288 e. The minimum atomic E-state index is -0.112. The molecule has 2 saturated carbocycles. The van der Waals surface area contributed by atoms with Crippen LogP contribution in [-0.2, 0) is 0 Å². The molecule has 0 amide bonds. The van der Waals surface area contributed by atoms with Gasteiger partial charge in [0.25, 0.3) is 5.56 Å². The van der Waals surface area contributed by atoms with Crippen LogP contribution in [0.3, 0.4) is 0 Å². The van der Waals surface area contributed by atoms with E-state index in [1.165, 1.54) is 57.8 Å². The summed E-state index contributed by atoms with van der Waals surface area (Å²) in [6, 6.07) is 10.2. The van der Waals surface area contributed by atoms with Gasteiger partial charge in [-0.3, -0.25) is 9.69 Å². The SMILES string of the molecule is O=c1c(Cl)nc2ccccc2n1C1CC2CCCC(C1)N2C1CC2CCCC(C2)C1. The van der Waals surface area contributed by atoms with Gasteiger partial charge in [0.2, 0.25) is 0 Å². The zero-order valence-electron chi connectivity index (χ0n) is 17.7. The molecule has 4 atom stereocenters. The van der Waals surface area contributed by atoms with Crippen LogP contribution >= 0.6 is 11.6 Å². The quantitative estimate of drug-likeness (QED) is 0.630. The molecule has 4 bridgehead atoms. The predicted molar refractivity (Wildman–Crippen MR) is 121 cm³/mol. The smallest absolute Gasteiger partial charge is 0.288 e. The summed E-state index contributed by atoms with van der Waals surface area (Å²) in [6.07, 6.45) is 14.7. The lowest BCUT2D eigenvalue weighted by Crippen LogP contribution is -2.58. The summed E-state index contributed by atoms with van der Waals surface area (Å²) in [5, 5.41) is 0.112. The normalized spacial score (nSPS) is 36.7. The van der Waals surface area contributed by atoms with E-state index in [1.807, 2.05) is 28.8 Å². The Hall–Kier alpha value is -1.39. The van der Waals surface area contributed by atoms with Crippen molar-refractivity contribution in [3.05, 3.63) is 39.8 Å². The molecule has 30 heavy (non-hydrogen) atoms. The van der Waals surface area contributed by atoms with Gasteiger partial charge in [-0.15, -0.1) is 0 Å². The van der Waals surface area contributed by atoms with Crippen LogP contribution in [0, 0.1) is 11.8 Å². The zero-order chi connectivity index (χ0) is 20.2. The van der Waals surface area contributed by atoms with Gasteiger partial charge in [0, 0.05) is 24.2 Å². The van der Waals surface area contributed by atoms with Gasteiger partial charge in [0.1, 0.15) is 0 Å². The van der Waals surface area contributed by atoms with Gasteiger partial charge in [-0.2, -0.15) is 0 Å². The molecule has 2 saturated heterocycles. The summed E-state index contributed by atoms with van der Waals surface area (Å²) >= 11 is 6.28. The molecule has 0 radical (unpaired) electrons. The number of benzene rings is 1. The molecule has 3 heterocycles. The fraction of sp³-hybridized carbons (Fsp3) is 0.680. The summed E-state index contributed by atoms with van der Waals surface area (Å²) in [6.45, 7) is 0. The standard InChI is InChI=1S/C25H32ClN3O/c26-24-25(30)29(23-10-2-1-9-22(23)27-24)21-14-18-7-4-8-19(15-21)28(18)20-12-16-5-3-6-17(11-16)13-20/h1-2,9-10,16-21H,3-8,11-15H2. The molecule has 4 fully saturated rings. The highest BCUT2D eigenvalue weighted by Gasteiger charge is 2.45. The molecule has 2 aliphatic heterocycles. The van der Waals surface area contributed by atoms with E-state index < -0.39 is 0 Å². The maximum atomic E-state index is 13.1. The number of piperidine rings is 2. The zero-order valence-corrected chi connectivity index (χ0v) is 18.4. The first-order valence-electron chi connectivity index (χ1n) is 12.1. The van der Waals surface area contributed by atoms with Crippen molar-refractivity contribution in [3.63, 3.8) is 0 Å². The Balaban J connectivity index is 1.32. The van der Waals surface area contributed by atoms with Crippen molar-refractivity contribution in [1.82, 2.24) is 14.5 Å². The lowest BCUT2D eigenvalue weighted by atomic mass is 9.68. The summed E-state index contributed by atoms with van der Waals surface area (Å²) in [5.41, 5.74) is 1.66. The highest BCUT2D eigenvalue weighted by molar-refractivity contribution is 6.29. The second kappa shape index (κ2) is 7.63. The first kappa shape index (κ1) is 19.3. The Kier molecular flexibility index (Phi) is 4.91. The third kappa shape index (κ3) is 3.22. The second-order valence-electron chi connectivity index (χ2n) is 10.4. The van der Waals surface area contributed by atoms with Crippen LogP contribution in [0.25, 0.3) is 11.0 Å². The van der Waals surface area contributed by atoms with Gasteiger partial charge in [0.05, 0.1) is 11.0 Å². The fourth-order valence-corrected chi connectivity index (χ4v) is 7.81. The minimum Gasteiger partial charge on any atom is -0.301 e. The molecule has 4 nitrogen and oxygen atoms in total. The Morgan fingerprint density at radius 3 is 2.20 bits per heavy atom. The Morgan fingerprint density at radius 2 is 1.47 bits per heavy atom. The number of nitrogens with zero attached hydrogens (tertiary/aromatic N) is 3. The molecule has 6 rings (SSSR count). The van der Waals surface area contributed by atoms with E-state index >= 15 is 0 Å². The van der Waals surface area contributed by atoms with Gasteiger partial charge in [-0.1, -0.05) is 49.4 Å². The predicted octanol–water partition coefficient (Wildman–Crippen LogP) is 5.58. The number of halogens is 1. The van der Waals surface area contributed by atoms with Crippen molar-refractivity contribution in [3.8, 4) is 0 Å². The van der Waals surface area contributed by atoms with Crippen LogP contribution < -0.4 is 5.56 Å². The topological polar surface area (TPSA) is 38.1 Å². The Labute approximate surface area is 183 Å². The average Bonchev–Trinajstić information content (AvgIpc) is 2.73. The first-order valence-corrected chi connectivity index (χ1v) is 12.5. The van der Waals surface area contributed by atoms with Crippen molar-refractivity contribution in [1.29, 1.82) is 0 Å². The van der Waals surface area contributed by atoms with Crippen molar-refractivity contribution < 1.29 is 0 Å². The highest BCUT2D eigenvalue weighted by atomic mass is 35.5. The van der Waals surface area contributed by atoms with Crippen LogP contribution in [0.4, 0.5) is 0 Å². The van der Waals surface area contributed by atoms with E-state index in [1.54, 1.807) is 0 Å². The number of hydrogen-bond acceptors (Lipinski definition) is 3. The molecule has 0 spiro atoms. The van der Waals surface area contributed by atoms with E-state index in [9.17, 15) is 4.79 Å². The molecule has 0 N–H and O–H groups in total. The summed E-state index contributed by atoms with van der Waals surface area (Å²) in [5.74, 6) is 1.93. The monoisotopic (exact) mass is 425 g/mol. The first-order chi connectivity index (χ1) is 14.7. The minimum absolute atomic E-state index is 0.112. The molecule has 2 aliphatic carbocycles. The third-order valence-corrected chi connectivity index (χ3v) is 8.90. The molecule has 1 aromatic carbocycles. The highest BCUT2D eigenvalue weighted by Crippen LogP contribution is 2.47. The van der Waals surface area contributed by atoms with Gasteiger partial charge in [-0.25, -0.2) is 4.98 Å². The number of rotatable bonds is 2. The second-order valence-corrected chi connectivity index (χ2v) is 10.8. The maximum absolute atomic E-state index is 13.1. The number of aromatic nitrogens is 2. The molecule has 4 aliphatic rings. The summed E-state index contributed by atoms with van der Waals surface area (Å²) < 4.78 is 1.99. The van der Waals surface area contributed by atoms with Crippen molar-refractivity contribution in [2.75, 3.05) is 0 Å². The van der Waals surface area contributed by atoms with E-state index in [0.717, 1.165) is 41.8 Å². The molecule has 4 unspecified atom stereocenters. The van der Waals surface area contributed by atoms with Gasteiger partial charge >= 0.3 is 0 Å². The van der Waals surface area contributed by atoms with Gasteiger partial charge in [-0.05, 0) is 68.9 Å². The number of hydrogen-bond donors (Lipinski definition) is 0.